The Labute approximate surface area is 210 Å². The van der Waals surface area contributed by atoms with Gasteiger partial charge >= 0.3 is 6.11 Å². The van der Waals surface area contributed by atoms with Gasteiger partial charge in [-0.1, -0.05) is 55.7 Å². The van der Waals surface area contributed by atoms with Crippen LogP contribution in [0.25, 0.3) is 16.7 Å². The third-order valence-corrected chi connectivity index (χ3v) is 4.41. The van der Waals surface area contributed by atoms with E-state index in [1.54, 1.807) is 13.0 Å². The Morgan fingerprint density at radius 2 is 1.57 bits per heavy atom. The van der Waals surface area contributed by atoms with Crippen molar-refractivity contribution in [2.45, 2.75) is 20.0 Å². The molecule has 0 radical (unpaired) electrons. The Morgan fingerprint density at radius 1 is 0.973 bits per heavy atom. The van der Waals surface area contributed by atoms with E-state index in [0.717, 1.165) is 6.07 Å². The first-order valence-electron chi connectivity index (χ1n) is 10.5. The molecule has 0 bridgehead atoms. The van der Waals surface area contributed by atoms with Gasteiger partial charge in [-0.25, -0.2) is 26.3 Å². The van der Waals surface area contributed by atoms with Gasteiger partial charge in [-0.05, 0) is 43.2 Å². The summed E-state index contributed by atoms with van der Waals surface area (Å²) in [7, 11) is 0. The van der Waals surface area contributed by atoms with Crippen LogP contribution in [0.3, 0.4) is 0 Å². The lowest BCUT2D eigenvalue weighted by Crippen LogP contribution is -2.21. The zero-order chi connectivity index (χ0) is 28.3. The normalized spacial score (nSPS) is 12.2. The Balaban J connectivity index is 0.00000124. The zero-order valence-corrected chi connectivity index (χ0v) is 20.0. The monoisotopic (exact) mass is 528 g/mol. The van der Waals surface area contributed by atoms with Crippen molar-refractivity contribution in [2.75, 3.05) is 6.67 Å². The molecule has 0 saturated heterocycles. The molecule has 2 aromatic carbocycles. The van der Waals surface area contributed by atoms with E-state index in [-0.39, 0.29) is 23.3 Å². The number of rotatable bonds is 9. The summed E-state index contributed by atoms with van der Waals surface area (Å²) in [5.41, 5.74) is -1.61. The molecule has 0 aromatic heterocycles. The van der Waals surface area contributed by atoms with Crippen molar-refractivity contribution in [1.82, 2.24) is 0 Å². The molecule has 0 aliphatic carbocycles. The summed E-state index contributed by atoms with van der Waals surface area (Å²) in [4.78, 5) is 0. The SMILES string of the molecule is C=C(F)/C=C(\C=C(\F)CF)OC(F)(F)c1c(F)cc(-c2ccc(C(=C)C)cc2F)cc1F.C=C/C=C\C. The largest absolute Gasteiger partial charge is 0.432 e. The first kappa shape index (κ1) is 31.2. The number of alkyl halides is 3. The van der Waals surface area contributed by atoms with Gasteiger partial charge in [0.25, 0.3) is 0 Å². The minimum atomic E-state index is -4.77. The standard InChI is InChI=1S/C23H16F8O.C5H8/c1-12(2)14-4-5-18(19(27)7-14)15-8-20(28)22(21(29)9-15)23(30,31)32-17(6-13(3)25)10-16(26)11-24;1-3-5-4-2/h4-10H,1,3,11H2,2H3;3-5H,1H2,2H3/b16-10+,17-6+;5-4-. The maximum Gasteiger partial charge on any atom is 0.432 e. The molecule has 1 nitrogen and oxygen atoms in total. The number of benzene rings is 2. The fourth-order valence-electron chi connectivity index (χ4n) is 2.80. The maximum absolute atomic E-state index is 14.5. The van der Waals surface area contributed by atoms with Crippen LogP contribution in [-0.4, -0.2) is 6.67 Å². The number of hydrogen-bond acceptors (Lipinski definition) is 1. The Morgan fingerprint density at radius 3 is 1.97 bits per heavy atom. The van der Waals surface area contributed by atoms with Crippen molar-refractivity contribution in [1.29, 1.82) is 0 Å². The van der Waals surface area contributed by atoms with Crippen LogP contribution in [0.1, 0.15) is 25.0 Å². The molecule has 0 unspecified atom stereocenters. The molecule has 0 spiro atoms. The fraction of sp³-hybridized carbons (Fsp3) is 0.143. The number of halogens is 8. The topological polar surface area (TPSA) is 9.23 Å². The fourth-order valence-corrected chi connectivity index (χ4v) is 2.80. The van der Waals surface area contributed by atoms with Crippen LogP contribution < -0.4 is 0 Å². The lowest BCUT2D eigenvalue weighted by molar-refractivity contribution is -0.224. The summed E-state index contributed by atoms with van der Waals surface area (Å²) < 4.78 is 115. The summed E-state index contributed by atoms with van der Waals surface area (Å²) in [5.74, 6) is -8.77. The molecule has 2 aromatic rings. The lowest BCUT2D eigenvalue weighted by Gasteiger charge is -2.20. The van der Waals surface area contributed by atoms with Gasteiger partial charge in [-0.3, -0.25) is 0 Å². The van der Waals surface area contributed by atoms with Gasteiger partial charge in [0, 0.05) is 17.7 Å². The highest BCUT2D eigenvalue weighted by molar-refractivity contribution is 5.69. The number of ether oxygens (including phenoxy) is 1. The van der Waals surface area contributed by atoms with Gasteiger partial charge in [-0.15, -0.1) is 0 Å². The molecule has 0 saturated carbocycles. The van der Waals surface area contributed by atoms with Crippen molar-refractivity contribution in [3.05, 3.63) is 126 Å². The second-order valence-electron chi connectivity index (χ2n) is 7.39. The molecule has 2 rings (SSSR count). The zero-order valence-electron chi connectivity index (χ0n) is 20.0. The third-order valence-electron chi connectivity index (χ3n) is 4.41. The van der Waals surface area contributed by atoms with E-state index >= 15 is 0 Å². The summed E-state index contributed by atoms with van der Waals surface area (Å²) in [6.45, 7) is 11.7. The van der Waals surface area contributed by atoms with Gasteiger partial charge in [0.05, 0.1) is 0 Å². The molecule has 0 aliphatic heterocycles. The van der Waals surface area contributed by atoms with E-state index < -0.39 is 53.2 Å². The minimum Gasteiger partial charge on any atom is -0.429 e. The Hall–Kier alpha value is -3.88. The van der Waals surface area contributed by atoms with E-state index in [1.165, 1.54) is 12.1 Å². The van der Waals surface area contributed by atoms with Crippen LogP contribution in [0.5, 0.6) is 0 Å². The molecule has 0 N–H and O–H groups in total. The molecule has 0 amide bonds. The molecule has 0 aliphatic rings. The van der Waals surface area contributed by atoms with Gasteiger partial charge < -0.3 is 4.74 Å². The lowest BCUT2D eigenvalue weighted by atomic mass is 9.99. The number of hydrogen-bond donors (Lipinski definition) is 0. The minimum absolute atomic E-state index is 0.0708. The van der Waals surface area contributed by atoms with Crippen molar-refractivity contribution < 1.29 is 39.9 Å². The third kappa shape index (κ3) is 9.25. The summed E-state index contributed by atoms with van der Waals surface area (Å²) >= 11 is 0. The van der Waals surface area contributed by atoms with Crippen LogP contribution in [0.2, 0.25) is 0 Å². The van der Waals surface area contributed by atoms with Crippen molar-refractivity contribution in [3.8, 4) is 11.1 Å². The molecular formula is C28H24F8O. The van der Waals surface area contributed by atoms with Crippen molar-refractivity contribution in [2.24, 2.45) is 0 Å². The first-order chi connectivity index (χ1) is 17.3. The van der Waals surface area contributed by atoms with E-state index in [1.807, 2.05) is 19.1 Å². The maximum atomic E-state index is 14.5. The second kappa shape index (κ2) is 14.0. The van der Waals surface area contributed by atoms with Crippen LogP contribution in [-0.2, 0) is 10.8 Å². The van der Waals surface area contributed by atoms with Crippen LogP contribution in [0.4, 0.5) is 35.1 Å². The van der Waals surface area contributed by atoms with Gasteiger partial charge in [0.1, 0.15) is 47.1 Å². The van der Waals surface area contributed by atoms with E-state index in [2.05, 4.69) is 24.5 Å². The molecule has 198 valence electrons. The second-order valence-corrected chi connectivity index (χ2v) is 7.39. The predicted molar refractivity (Wildman–Crippen MR) is 130 cm³/mol. The average Bonchev–Trinajstić information content (AvgIpc) is 2.78. The van der Waals surface area contributed by atoms with E-state index in [9.17, 15) is 35.1 Å². The van der Waals surface area contributed by atoms with Crippen molar-refractivity contribution in [3.63, 3.8) is 0 Å². The first-order valence-corrected chi connectivity index (χ1v) is 10.5. The molecule has 37 heavy (non-hydrogen) atoms. The molecule has 9 heteroatoms. The van der Waals surface area contributed by atoms with Crippen LogP contribution in [0.15, 0.2) is 97.9 Å². The van der Waals surface area contributed by atoms with Gasteiger partial charge in [0.15, 0.2) is 0 Å². The highest BCUT2D eigenvalue weighted by Gasteiger charge is 2.41. The summed E-state index contributed by atoms with van der Waals surface area (Å²) in [5, 5.41) is 0. The molecule has 0 atom stereocenters. The average molecular weight is 528 g/mol. The van der Waals surface area contributed by atoms with E-state index in [0.29, 0.717) is 23.3 Å². The summed E-state index contributed by atoms with van der Waals surface area (Å²) in [6, 6.07) is 4.58. The molecule has 0 heterocycles. The van der Waals surface area contributed by atoms with Crippen molar-refractivity contribution >= 4 is 5.57 Å². The van der Waals surface area contributed by atoms with Crippen LogP contribution in [0, 0.1) is 17.5 Å². The Bertz CT molecular complexity index is 1220. The predicted octanol–water partition coefficient (Wildman–Crippen LogP) is 9.81. The Kier molecular flexibility index (Phi) is 11.8. The quantitative estimate of drug-likeness (QED) is 0.179. The van der Waals surface area contributed by atoms with Gasteiger partial charge in [-0.2, -0.15) is 8.78 Å². The molecule has 0 fully saturated rings. The number of allylic oxidation sites excluding steroid dienone is 8. The van der Waals surface area contributed by atoms with E-state index in [4.69, 9.17) is 0 Å². The highest BCUT2D eigenvalue weighted by atomic mass is 19.3. The smallest absolute Gasteiger partial charge is 0.429 e. The molecular weight excluding hydrogens is 504 g/mol. The summed E-state index contributed by atoms with van der Waals surface area (Å²) in [6.07, 6.45) is 1.05. The van der Waals surface area contributed by atoms with Gasteiger partial charge in [0.2, 0.25) is 0 Å². The highest BCUT2D eigenvalue weighted by Crippen LogP contribution is 2.38. The van der Waals surface area contributed by atoms with Crippen LogP contribution >= 0.6 is 0 Å².